The van der Waals surface area contributed by atoms with Crippen LogP contribution < -0.4 is 0 Å². The first-order chi connectivity index (χ1) is 11.1. The first-order valence-corrected chi connectivity index (χ1v) is 6.65. The molecule has 0 aliphatic heterocycles. The van der Waals surface area contributed by atoms with E-state index in [9.17, 15) is 9.59 Å². The molecule has 12 heteroatoms. The van der Waals surface area contributed by atoms with Gasteiger partial charge in [-0.25, -0.2) is 0 Å². The van der Waals surface area contributed by atoms with Crippen LogP contribution in [0.5, 0.6) is 0 Å². The smallest absolute Gasteiger partial charge is 0.151 e. The Balaban J connectivity index is 0. The Hall–Kier alpha value is -1.06. The highest BCUT2D eigenvalue weighted by atomic mass is 16.4. The van der Waals surface area contributed by atoms with Crippen LogP contribution in [-0.2, 0) is 9.59 Å². The number of rotatable bonds is 10. The molecule has 0 unspecified atom stereocenters. The Morgan fingerprint density at radius 1 is 0.542 bits per heavy atom. The molecular formula is C12H24O12. The van der Waals surface area contributed by atoms with Gasteiger partial charge in [-0.05, 0) is 0 Å². The minimum absolute atomic E-state index is 0.0258. The Morgan fingerprint density at radius 3 is 0.958 bits per heavy atom. The third-order valence-electron chi connectivity index (χ3n) is 2.84. The summed E-state index contributed by atoms with van der Waals surface area (Å²) in [5.41, 5.74) is 0. The van der Waals surface area contributed by atoms with E-state index in [-0.39, 0.29) is 12.6 Å². The second-order valence-corrected chi connectivity index (χ2v) is 4.72. The van der Waals surface area contributed by atoms with Crippen molar-refractivity contribution in [2.45, 2.75) is 48.8 Å². The van der Waals surface area contributed by atoms with Crippen molar-refractivity contribution >= 4 is 12.6 Å². The molecule has 0 spiro atoms. The van der Waals surface area contributed by atoms with Gasteiger partial charge in [0.25, 0.3) is 0 Å². The molecule has 24 heavy (non-hydrogen) atoms. The summed E-state index contributed by atoms with van der Waals surface area (Å²) < 4.78 is 0. The van der Waals surface area contributed by atoms with Gasteiger partial charge in [-0.2, -0.15) is 0 Å². The standard InChI is InChI=1S/2C6H12O6/c2*7-1-3(9)5(11)6(12)4(10)2-8/h2*1,3-6,8-12H,2H2/t2*3-,4-,5-,6-/m10/s1. The van der Waals surface area contributed by atoms with Gasteiger partial charge in [0.2, 0.25) is 0 Å². The van der Waals surface area contributed by atoms with Crippen molar-refractivity contribution in [2.24, 2.45) is 0 Å². The van der Waals surface area contributed by atoms with Gasteiger partial charge in [0, 0.05) is 0 Å². The van der Waals surface area contributed by atoms with E-state index in [0.717, 1.165) is 0 Å². The van der Waals surface area contributed by atoms with Crippen LogP contribution in [0.3, 0.4) is 0 Å². The molecule has 0 aromatic heterocycles. The maximum absolute atomic E-state index is 9.90. The Labute approximate surface area is 136 Å². The van der Waals surface area contributed by atoms with Crippen LogP contribution in [-0.4, -0.2) is 126 Å². The van der Waals surface area contributed by atoms with Crippen molar-refractivity contribution in [3.63, 3.8) is 0 Å². The molecule has 0 aliphatic carbocycles. The molecule has 0 aromatic carbocycles. The largest absolute Gasteiger partial charge is 0.394 e. The van der Waals surface area contributed by atoms with Crippen molar-refractivity contribution in [1.29, 1.82) is 0 Å². The molecule has 0 aromatic rings. The van der Waals surface area contributed by atoms with Gasteiger partial charge in [-0.1, -0.05) is 0 Å². The predicted octanol–water partition coefficient (Wildman–Crippen LogP) is -6.76. The zero-order valence-corrected chi connectivity index (χ0v) is 12.5. The minimum Gasteiger partial charge on any atom is -0.394 e. The topological polar surface area (TPSA) is 236 Å². The van der Waals surface area contributed by atoms with Crippen LogP contribution in [0.25, 0.3) is 0 Å². The minimum atomic E-state index is -1.79. The van der Waals surface area contributed by atoms with Crippen molar-refractivity contribution in [2.75, 3.05) is 13.2 Å². The highest BCUT2D eigenvalue weighted by Gasteiger charge is 2.30. The Bertz CT molecular complexity index is 308. The molecule has 0 rings (SSSR count). The summed E-state index contributed by atoms with van der Waals surface area (Å²) in [5, 5.41) is 87.1. The van der Waals surface area contributed by atoms with Crippen molar-refractivity contribution < 1.29 is 60.7 Å². The van der Waals surface area contributed by atoms with Crippen LogP contribution in [0.4, 0.5) is 0 Å². The average molecular weight is 360 g/mol. The normalized spacial score (nSPS) is 21.1. The predicted molar refractivity (Wildman–Crippen MR) is 74.4 cm³/mol. The van der Waals surface area contributed by atoms with Crippen LogP contribution in [0.1, 0.15) is 0 Å². The van der Waals surface area contributed by atoms with E-state index in [1.54, 1.807) is 0 Å². The van der Waals surface area contributed by atoms with Crippen molar-refractivity contribution in [1.82, 2.24) is 0 Å². The first kappa shape index (κ1) is 25.2. The van der Waals surface area contributed by atoms with E-state index in [1.165, 1.54) is 0 Å². The van der Waals surface area contributed by atoms with Crippen LogP contribution >= 0.6 is 0 Å². The lowest BCUT2D eigenvalue weighted by atomic mass is 10.0. The fourth-order valence-electron chi connectivity index (χ4n) is 1.24. The number of hydrogen-bond donors (Lipinski definition) is 10. The lowest BCUT2D eigenvalue weighted by Gasteiger charge is -2.22. The van der Waals surface area contributed by atoms with Crippen LogP contribution in [0, 0.1) is 0 Å². The van der Waals surface area contributed by atoms with Gasteiger partial charge in [-0.3, -0.25) is 0 Å². The molecule has 144 valence electrons. The van der Waals surface area contributed by atoms with Crippen molar-refractivity contribution in [3.05, 3.63) is 0 Å². The third-order valence-corrected chi connectivity index (χ3v) is 2.84. The summed E-state index contributed by atoms with van der Waals surface area (Å²) in [6, 6.07) is 0. The molecule has 0 saturated carbocycles. The Kier molecular flexibility index (Phi) is 13.9. The monoisotopic (exact) mass is 360 g/mol. The number of carbonyl (C=O) groups is 2. The summed E-state index contributed by atoms with van der Waals surface area (Å²) in [6.07, 6.45) is -13.7. The van der Waals surface area contributed by atoms with Crippen LogP contribution in [0.15, 0.2) is 0 Å². The fourth-order valence-corrected chi connectivity index (χ4v) is 1.24. The quantitative estimate of drug-likeness (QED) is 0.164. The van der Waals surface area contributed by atoms with E-state index < -0.39 is 62.0 Å². The number of hydrogen-bond acceptors (Lipinski definition) is 12. The maximum atomic E-state index is 9.90. The number of aliphatic hydroxyl groups excluding tert-OH is 10. The Morgan fingerprint density at radius 2 is 0.792 bits per heavy atom. The molecular weight excluding hydrogens is 336 g/mol. The summed E-state index contributed by atoms with van der Waals surface area (Å²) in [7, 11) is 0. The molecule has 0 aliphatic rings. The van der Waals surface area contributed by atoms with Crippen LogP contribution in [0.2, 0.25) is 0 Å². The molecule has 0 amide bonds. The lowest BCUT2D eigenvalue weighted by molar-refractivity contribution is -0.136. The second-order valence-electron chi connectivity index (χ2n) is 4.72. The van der Waals surface area contributed by atoms with Gasteiger partial charge in [0.05, 0.1) is 13.2 Å². The molecule has 0 fully saturated rings. The fraction of sp³-hybridized carbons (Fsp3) is 0.833. The molecule has 12 nitrogen and oxygen atoms in total. The maximum Gasteiger partial charge on any atom is 0.151 e. The SMILES string of the molecule is O=C[C@@H](O)[C@@H](O)[C@H](O)[C@H](O)CO.O=C[C@H](O)[C@H](O)[C@@H](O)[C@@H](O)CO. The van der Waals surface area contributed by atoms with E-state index in [1.807, 2.05) is 0 Å². The molecule has 8 atom stereocenters. The molecule has 0 radical (unpaired) electrons. The number of aliphatic hydroxyl groups is 10. The van der Waals surface area contributed by atoms with Gasteiger partial charge >= 0.3 is 0 Å². The van der Waals surface area contributed by atoms with E-state index in [0.29, 0.717) is 0 Å². The first-order valence-electron chi connectivity index (χ1n) is 6.65. The number of aldehydes is 2. The van der Waals surface area contributed by atoms with E-state index in [4.69, 9.17) is 51.1 Å². The van der Waals surface area contributed by atoms with Crippen molar-refractivity contribution in [3.8, 4) is 0 Å². The summed E-state index contributed by atoms with van der Waals surface area (Å²) in [4.78, 5) is 19.8. The van der Waals surface area contributed by atoms with E-state index >= 15 is 0 Å². The summed E-state index contributed by atoms with van der Waals surface area (Å²) in [6.45, 7) is -1.52. The van der Waals surface area contributed by atoms with Gasteiger partial charge in [-0.15, -0.1) is 0 Å². The van der Waals surface area contributed by atoms with Gasteiger partial charge < -0.3 is 60.7 Å². The number of carbonyl (C=O) groups excluding carboxylic acids is 2. The molecule has 0 bridgehead atoms. The molecule has 0 saturated heterocycles. The highest BCUT2D eigenvalue weighted by molar-refractivity contribution is 5.57. The average Bonchev–Trinajstić information content (AvgIpc) is 2.62. The highest BCUT2D eigenvalue weighted by Crippen LogP contribution is 2.03. The van der Waals surface area contributed by atoms with Gasteiger partial charge in [0.1, 0.15) is 48.8 Å². The van der Waals surface area contributed by atoms with Gasteiger partial charge in [0.15, 0.2) is 12.6 Å². The molecule has 0 heterocycles. The zero-order chi connectivity index (χ0) is 19.4. The lowest BCUT2D eigenvalue weighted by Crippen LogP contribution is -2.46. The summed E-state index contributed by atoms with van der Waals surface area (Å²) >= 11 is 0. The second kappa shape index (κ2) is 13.3. The summed E-state index contributed by atoms with van der Waals surface area (Å²) in [5.74, 6) is 0. The van der Waals surface area contributed by atoms with E-state index in [2.05, 4.69) is 0 Å². The molecule has 10 N–H and O–H groups in total. The zero-order valence-electron chi connectivity index (χ0n) is 12.5. The third kappa shape index (κ3) is 8.70.